The van der Waals surface area contributed by atoms with E-state index in [-0.39, 0.29) is 21.8 Å². The van der Waals surface area contributed by atoms with E-state index in [1.54, 1.807) is 18.2 Å². The van der Waals surface area contributed by atoms with E-state index in [1.807, 2.05) is 30.5 Å². The molecule has 0 spiro atoms. The van der Waals surface area contributed by atoms with E-state index in [1.165, 1.54) is 4.31 Å². The van der Waals surface area contributed by atoms with Crippen LogP contribution in [0.1, 0.15) is 12.8 Å². The van der Waals surface area contributed by atoms with Crippen molar-refractivity contribution in [2.75, 3.05) is 55.4 Å². The summed E-state index contributed by atoms with van der Waals surface area (Å²) < 4.78 is 39.1. The zero-order valence-corrected chi connectivity index (χ0v) is 22.8. The number of carbonyl (C=O) groups is 1. The molecule has 204 valence electrons. The van der Waals surface area contributed by atoms with Gasteiger partial charge in [0.25, 0.3) is 11.1 Å². The lowest BCUT2D eigenvalue weighted by Gasteiger charge is -2.27. The first-order valence-electron chi connectivity index (χ1n) is 12.8. The Bertz CT molecular complexity index is 1590. The SMILES string of the molecule is O=C(CSc1nnc(-c2c[nH]c3ccccc23)o1)Nc1cc(S(=O)(=O)N2CCOCC2)ccc1N1CCCC1. The third-order valence-electron chi connectivity index (χ3n) is 6.85. The number of hydrogen-bond donors (Lipinski definition) is 2. The molecule has 2 N–H and O–H groups in total. The summed E-state index contributed by atoms with van der Waals surface area (Å²) in [6, 6.07) is 12.8. The number of sulfonamides is 1. The molecule has 0 bridgehead atoms. The van der Waals surface area contributed by atoms with E-state index in [9.17, 15) is 13.2 Å². The number of morpholine rings is 1. The van der Waals surface area contributed by atoms with Gasteiger partial charge in [-0.25, -0.2) is 8.42 Å². The molecule has 2 fully saturated rings. The number of nitrogens with one attached hydrogen (secondary N) is 2. The lowest BCUT2D eigenvalue weighted by atomic mass is 10.2. The highest BCUT2D eigenvalue weighted by Gasteiger charge is 2.28. The fraction of sp³-hybridized carbons (Fsp3) is 0.346. The number of ether oxygens (including phenoxy) is 1. The highest BCUT2D eigenvalue weighted by atomic mass is 32.2. The molecule has 0 atom stereocenters. The Morgan fingerprint density at radius 2 is 1.85 bits per heavy atom. The maximum atomic E-state index is 13.3. The number of nitrogens with zero attached hydrogens (tertiary/aromatic N) is 4. The number of H-pyrrole nitrogens is 1. The van der Waals surface area contributed by atoms with Crippen molar-refractivity contribution in [1.82, 2.24) is 19.5 Å². The fourth-order valence-electron chi connectivity index (χ4n) is 4.88. The Morgan fingerprint density at radius 3 is 2.67 bits per heavy atom. The predicted molar refractivity (Wildman–Crippen MR) is 148 cm³/mol. The Kier molecular flexibility index (Phi) is 7.30. The quantitative estimate of drug-likeness (QED) is 0.306. The van der Waals surface area contributed by atoms with Crippen LogP contribution in [0.25, 0.3) is 22.4 Å². The average molecular weight is 569 g/mol. The van der Waals surface area contributed by atoms with Gasteiger partial charge in [-0.15, -0.1) is 10.2 Å². The van der Waals surface area contributed by atoms with Crippen LogP contribution in [0.4, 0.5) is 11.4 Å². The Balaban J connectivity index is 1.18. The van der Waals surface area contributed by atoms with Gasteiger partial charge in [0, 0.05) is 43.3 Å². The molecule has 2 aliphatic heterocycles. The summed E-state index contributed by atoms with van der Waals surface area (Å²) >= 11 is 1.13. The molecule has 0 aliphatic carbocycles. The first-order valence-corrected chi connectivity index (χ1v) is 15.2. The lowest BCUT2D eigenvalue weighted by molar-refractivity contribution is -0.113. The molecule has 2 aliphatic rings. The summed E-state index contributed by atoms with van der Waals surface area (Å²) in [5.74, 6) is 0.0935. The van der Waals surface area contributed by atoms with Crippen LogP contribution >= 0.6 is 11.8 Å². The highest BCUT2D eigenvalue weighted by molar-refractivity contribution is 7.99. The standard InChI is InChI=1S/C26H28N6O5S2/c33-24(17-38-26-30-29-25(37-26)20-16-27-21-6-2-1-5-19(20)21)28-22-15-18(7-8-23(22)31-9-3-4-10-31)39(34,35)32-11-13-36-14-12-32/h1-2,5-8,15-16,27H,3-4,9-14,17H2,(H,28,33). The zero-order valence-electron chi connectivity index (χ0n) is 21.1. The van der Waals surface area contributed by atoms with Crippen molar-refractivity contribution in [2.45, 2.75) is 23.0 Å². The minimum atomic E-state index is -3.71. The number of fused-ring (bicyclic) bond motifs is 1. The molecule has 39 heavy (non-hydrogen) atoms. The molecular formula is C26H28N6O5S2. The third-order valence-corrected chi connectivity index (χ3v) is 9.56. The van der Waals surface area contributed by atoms with E-state index < -0.39 is 10.0 Å². The van der Waals surface area contributed by atoms with Crippen LogP contribution in [-0.4, -0.2) is 79.0 Å². The average Bonchev–Trinajstić information content (AvgIpc) is 3.73. The smallest absolute Gasteiger partial charge is 0.277 e. The van der Waals surface area contributed by atoms with Crippen LogP contribution in [0.15, 0.2) is 63.2 Å². The Labute approximate surface area is 230 Å². The number of thioether (sulfide) groups is 1. The monoisotopic (exact) mass is 568 g/mol. The van der Waals surface area contributed by atoms with Gasteiger partial charge >= 0.3 is 0 Å². The molecule has 4 heterocycles. The summed E-state index contributed by atoms with van der Waals surface area (Å²) in [5.41, 5.74) is 3.04. The van der Waals surface area contributed by atoms with Crippen LogP contribution in [0.3, 0.4) is 0 Å². The summed E-state index contributed by atoms with van der Waals surface area (Å²) in [6.07, 6.45) is 3.91. The van der Waals surface area contributed by atoms with Crippen molar-refractivity contribution in [3.8, 4) is 11.5 Å². The summed E-state index contributed by atoms with van der Waals surface area (Å²) in [7, 11) is -3.71. The molecule has 0 saturated carbocycles. The number of rotatable bonds is 8. The molecule has 0 radical (unpaired) electrons. The normalized spacial score (nSPS) is 16.7. The Morgan fingerprint density at radius 1 is 1.05 bits per heavy atom. The van der Waals surface area contributed by atoms with Crippen molar-refractivity contribution in [1.29, 1.82) is 0 Å². The van der Waals surface area contributed by atoms with Crippen molar-refractivity contribution >= 4 is 50.0 Å². The number of para-hydroxylation sites is 1. The van der Waals surface area contributed by atoms with E-state index in [2.05, 4.69) is 25.4 Å². The molecule has 1 amide bonds. The largest absolute Gasteiger partial charge is 0.411 e. The number of aromatic nitrogens is 3. The molecule has 4 aromatic rings. The number of carbonyl (C=O) groups excluding carboxylic acids is 1. The van der Waals surface area contributed by atoms with Crippen molar-refractivity contribution < 1.29 is 22.4 Å². The minimum Gasteiger partial charge on any atom is -0.411 e. The number of aromatic amines is 1. The van der Waals surface area contributed by atoms with Crippen LogP contribution in [-0.2, 0) is 19.6 Å². The molecule has 6 rings (SSSR count). The van der Waals surface area contributed by atoms with Gasteiger partial charge < -0.3 is 24.4 Å². The second-order valence-electron chi connectivity index (χ2n) is 9.35. The molecule has 2 aromatic carbocycles. The van der Waals surface area contributed by atoms with Gasteiger partial charge in [0.1, 0.15) is 0 Å². The van der Waals surface area contributed by atoms with Crippen LogP contribution in [0, 0.1) is 0 Å². The van der Waals surface area contributed by atoms with Gasteiger partial charge in [-0.05, 0) is 37.1 Å². The third kappa shape index (κ3) is 5.39. The van der Waals surface area contributed by atoms with E-state index >= 15 is 0 Å². The Hall–Kier alpha value is -3.39. The fourth-order valence-corrected chi connectivity index (χ4v) is 6.88. The zero-order chi connectivity index (χ0) is 26.8. The van der Waals surface area contributed by atoms with Crippen LogP contribution in [0.5, 0.6) is 0 Å². The molecule has 11 nitrogen and oxygen atoms in total. The molecule has 13 heteroatoms. The van der Waals surface area contributed by atoms with Gasteiger partial charge in [-0.3, -0.25) is 4.79 Å². The summed E-state index contributed by atoms with van der Waals surface area (Å²) in [5, 5.41) is 12.4. The summed E-state index contributed by atoms with van der Waals surface area (Å²) in [6.45, 7) is 3.04. The van der Waals surface area contributed by atoms with Crippen molar-refractivity contribution in [3.05, 3.63) is 48.7 Å². The molecular weight excluding hydrogens is 540 g/mol. The van der Waals surface area contributed by atoms with Crippen LogP contribution < -0.4 is 10.2 Å². The second kappa shape index (κ2) is 11.0. The second-order valence-corrected chi connectivity index (χ2v) is 12.2. The van der Waals surface area contributed by atoms with Crippen LogP contribution in [0.2, 0.25) is 0 Å². The first kappa shape index (κ1) is 25.9. The highest BCUT2D eigenvalue weighted by Crippen LogP contribution is 2.33. The number of amides is 1. The molecule has 2 saturated heterocycles. The lowest BCUT2D eigenvalue weighted by Crippen LogP contribution is -2.40. The van der Waals surface area contributed by atoms with Gasteiger partial charge in [-0.1, -0.05) is 30.0 Å². The number of anilines is 2. The van der Waals surface area contributed by atoms with E-state index in [4.69, 9.17) is 9.15 Å². The van der Waals surface area contributed by atoms with Gasteiger partial charge in [-0.2, -0.15) is 4.31 Å². The minimum absolute atomic E-state index is 0.0232. The number of benzene rings is 2. The van der Waals surface area contributed by atoms with Crippen molar-refractivity contribution in [2.24, 2.45) is 0 Å². The van der Waals surface area contributed by atoms with Gasteiger partial charge in [0.05, 0.1) is 40.8 Å². The maximum absolute atomic E-state index is 13.3. The number of hydrogen-bond acceptors (Lipinski definition) is 9. The van der Waals surface area contributed by atoms with Gasteiger partial charge in [0.15, 0.2) is 0 Å². The molecule has 0 unspecified atom stereocenters. The van der Waals surface area contributed by atoms with E-state index in [0.717, 1.165) is 59.8 Å². The maximum Gasteiger partial charge on any atom is 0.277 e. The van der Waals surface area contributed by atoms with Gasteiger partial charge in [0.2, 0.25) is 15.9 Å². The topological polar surface area (TPSA) is 134 Å². The van der Waals surface area contributed by atoms with E-state index in [0.29, 0.717) is 37.9 Å². The summed E-state index contributed by atoms with van der Waals surface area (Å²) in [4.78, 5) is 18.5. The first-order chi connectivity index (χ1) is 19.0. The predicted octanol–water partition coefficient (Wildman–Crippen LogP) is 3.57. The van der Waals surface area contributed by atoms with Crippen molar-refractivity contribution in [3.63, 3.8) is 0 Å². The molecule has 2 aromatic heterocycles.